The van der Waals surface area contributed by atoms with E-state index in [2.05, 4.69) is 9.97 Å². The molecule has 2 rings (SSSR count). The van der Waals surface area contributed by atoms with E-state index in [4.69, 9.17) is 4.74 Å². The van der Waals surface area contributed by atoms with Gasteiger partial charge in [0.2, 0.25) is 0 Å². The Bertz CT molecular complexity index is 413. The van der Waals surface area contributed by atoms with E-state index in [0.29, 0.717) is 12.1 Å². The molecular formula is C14H21N3O2. The highest BCUT2D eigenvalue weighted by atomic mass is 16.5. The van der Waals surface area contributed by atoms with Gasteiger partial charge in [-0.3, -0.25) is 4.79 Å². The van der Waals surface area contributed by atoms with Gasteiger partial charge in [-0.15, -0.1) is 0 Å². The summed E-state index contributed by atoms with van der Waals surface area (Å²) in [5.74, 6) is 0.714. The first-order valence-electron chi connectivity index (χ1n) is 6.88. The smallest absolute Gasteiger partial charge is 0.256 e. The number of amides is 1. The third kappa shape index (κ3) is 3.73. The molecule has 0 aliphatic carbocycles. The summed E-state index contributed by atoms with van der Waals surface area (Å²) in [4.78, 5) is 22.2. The molecule has 0 spiro atoms. The minimum atomic E-state index is -0.0446. The van der Waals surface area contributed by atoms with Gasteiger partial charge < -0.3 is 9.64 Å². The van der Waals surface area contributed by atoms with Crippen LogP contribution in [0.25, 0.3) is 0 Å². The van der Waals surface area contributed by atoms with Crippen LogP contribution in [0.1, 0.15) is 42.4 Å². The number of likely N-dealkylation sites (N-methyl/N-ethyl adjacent to an activating group) is 1. The Balaban J connectivity index is 1.93. The number of nitrogens with zero attached hydrogens (tertiary/aromatic N) is 3. The summed E-state index contributed by atoms with van der Waals surface area (Å²) in [6.07, 6.45) is 7.49. The maximum atomic E-state index is 12.2. The molecule has 1 saturated heterocycles. The summed E-state index contributed by atoms with van der Waals surface area (Å²) in [5, 5.41) is 0. The Kier molecular flexibility index (Phi) is 4.85. The molecule has 1 aliphatic heterocycles. The molecule has 0 radical (unpaired) electrons. The second-order valence-corrected chi connectivity index (χ2v) is 4.92. The van der Waals surface area contributed by atoms with E-state index in [-0.39, 0.29) is 12.0 Å². The Labute approximate surface area is 114 Å². The van der Waals surface area contributed by atoms with Crippen LogP contribution in [-0.4, -0.2) is 47.1 Å². The van der Waals surface area contributed by atoms with Crippen molar-refractivity contribution in [2.45, 2.75) is 38.7 Å². The molecular weight excluding hydrogens is 242 g/mol. The van der Waals surface area contributed by atoms with Crippen molar-refractivity contribution in [2.24, 2.45) is 0 Å². The summed E-state index contributed by atoms with van der Waals surface area (Å²) in [6.45, 7) is 3.43. The monoisotopic (exact) mass is 263 g/mol. The van der Waals surface area contributed by atoms with Crippen LogP contribution in [-0.2, 0) is 11.2 Å². The van der Waals surface area contributed by atoms with E-state index in [1.807, 2.05) is 6.92 Å². The summed E-state index contributed by atoms with van der Waals surface area (Å²) < 4.78 is 5.65. The molecule has 19 heavy (non-hydrogen) atoms. The van der Waals surface area contributed by atoms with Crippen LogP contribution in [0.3, 0.4) is 0 Å². The molecule has 1 atom stereocenters. The number of carbonyl (C=O) groups is 1. The van der Waals surface area contributed by atoms with Gasteiger partial charge in [0, 0.05) is 39.0 Å². The van der Waals surface area contributed by atoms with Gasteiger partial charge in [-0.1, -0.05) is 6.92 Å². The van der Waals surface area contributed by atoms with Crippen LogP contribution >= 0.6 is 0 Å². The normalized spacial score (nSPS) is 19.2. The maximum absolute atomic E-state index is 12.2. The first-order valence-corrected chi connectivity index (χ1v) is 6.88. The highest BCUT2D eigenvalue weighted by Crippen LogP contribution is 2.14. The number of aryl methyl sites for hydroxylation is 1. The highest BCUT2D eigenvalue weighted by molar-refractivity contribution is 5.93. The SMILES string of the molecule is CCc1ncc(C(=O)N(C)CC2CCCCO2)cn1. The lowest BCUT2D eigenvalue weighted by Gasteiger charge is -2.27. The van der Waals surface area contributed by atoms with Crippen LogP contribution in [0, 0.1) is 0 Å². The Hall–Kier alpha value is -1.49. The molecule has 104 valence electrons. The fraction of sp³-hybridized carbons (Fsp3) is 0.643. The molecule has 0 saturated carbocycles. The van der Waals surface area contributed by atoms with Crippen molar-refractivity contribution in [3.05, 3.63) is 23.8 Å². The average Bonchev–Trinajstić information content (AvgIpc) is 2.47. The van der Waals surface area contributed by atoms with E-state index >= 15 is 0 Å². The number of aromatic nitrogens is 2. The Morgan fingerprint density at radius 3 is 2.74 bits per heavy atom. The van der Waals surface area contributed by atoms with Crippen molar-refractivity contribution in [1.29, 1.82) is 0 Å². The molecule has 1 aromatic heterocycles. The lowest BCUT2D eigenvalue weighted by Crippen LogP contribution is -2.37. The van der Waals surface area contributed by atoms with E-state index in [9.17, 15) is 4.79 Å². The highest BCUT2D eigenvalue weighted by Gasteiger charge is 2.20. The van der Waals surface area contributed by atoms with Crippen molar-refractivity contribution in [2.75, 3.05) is 20.2 Å². The average molecular weight is 263 g/mol. The van der Waals surface area contributed by atoms with Crippen LogP contribution in [0.15, 0.2) is 12.4 Å². The number of hydrogen-bond acceptors (Lipinski definition) is 4. The summed E-state index contributed by atoms with van der Waals surface area (Å²) in [7, 11) is 1.80. The van der Waals surface area contributed by atoms with Gasteiger partial charge in [-0.2, -0.15) is 0 Å². The zero-order chi connectivity index (χ0) is 13.7. The van der Waals surface area contributed by atoms with Gasteiger partial charge in [0.25, 0.3) is 5.91 Å². The van der Waals surface area contributed by atoms with Gasteiger partial charge in [0.05, 0.1) is 11.7 Å². The van der Waals surface area contributed by atoms with Gasteiger partial charge in [-0.25, -0.2) is 9.97 Å². The van der Waals surface area contributed by atoms with Gasteiger partial charge >= 0.3 is 0 Å². The van der Waals surface area contributed by atoms with Crippen molar-refractivity contribution < 1.29 is 9.53 Å². The standard InChI is InChI=1S/C14H21N3O2/c1-3-13-15-8-11(9-16-13)14(18)17(2)10-12-6-4-5-7-19-12/h8-9,12H,3-7,10H2,1-2H3. The lowest BCUT2D eigenvalue weighted by atomic mass is 10.1. The predicted octanol–water partition coefficient (Wildman–Crippen LogP) is 1.68. The number of carbonyl (C=O) groups excluding carboxylic acids is 1. The minimum Gasteiger partial charge on any atom is -0.376 e. The Morgan fingerprint density at radius 2 is 2.16 bits per heavy atom. The first-order chi connectivity index (χ1) is 9.20. The molecule has 1 unspecified atom stereocenters. The first kappa shape index (κ1) is 13.9. The molecule has 5 heteroatoms. The van der Waals surface area contributed by atoms with E-state index in [0.717, 1.165) is 31.7 Å². The summed E-state index contributed by atoms with van der Waals surface area (Å²) in [5.41, 5.74) is 0.538. The van der Waals surface area contributed by atoms with E-state index < -0.39 is 0 Å². The molecule has 5 nitrogen and oxygen atoms in total. The van der Waals surface area contributed by atoms with Crippen molar-refractivity contribution in [3.63, 3.8) is 0 Å². The van der Waals surface area contributed by atoms with Gasteiger partial charge in [0.15, 0.2) is 0 Å². The second kappa shape index (κ2) is 6.61. The molecule has 1 aliphatic rings. The molecule has 2 heterocycles. The number of rotatable bonds is 4. The van der Waals surface area contributed by atoms with Crippen molar-refractivity contribution in [1.82, 2.24) is 14.9 Å². The minimum absolute atomic E-state index is 0.0446. The maximum Gasteiger partial charge on any atom is 0.256 e. The van der Waals surface area contributed by atoms with Crippen LogP contribution in [0.2, 0.25) is 0 Å². The largest absolute Gasteiger partial charge is 0.376 e. The van der Waals surface area contributed by atoms with E-state index in [1.54, 1.807) is 24.3 Å². The van der Waals surface area contributed by atoms with Gasteiger partial charge in [-0.05, 0) is 19.3 Å². The van der Waals surface area contributed by atoms with Crippen LogP contribution in [0.4, 0.5) is 0 Å². The molecule has 1 aromatic rings. The Morgan fingerprint density at radius 1 is 1.42 bits per heavy atom. The fourth-order valence-corrected chi connectivity index (χ4v) is 2.21. The van der Waals surface area contributed by atoms with Crippen LogP contribution in [0.5, 0.6) is 0 Å². The fourth-order valence-electron chi connectivity index (χ4n) is 2.21. The second-order valence-electron chi connectivity index (χ2n) is 4.92. The molecule has 0 N–H and O–H groups in total. The molecule has 0 aromatic carbocycles. The lowest BCUT2D eigenvalue weighted by molar-refractivity contribution is -0.000204. The number of hydrogen-bond donors (Lipinski definition) is 0. The summed E-state index contributed by atoms with van der Waals surface area (Å²) >= 11 is 0. The molecule has 1 fully saturated rings. The van der Waals surface area contributed by atoms with Crippen molar-refractivity contribution in [3.8, 4) is 0 Å². The predicted molar refractivity (Wildman–Crippen MR) is 72.0 cm³/mol. The van der Waals surface area contributed by atoms with Crippen LogP contribution < -0.4 is 0 Å². The molecule has 1 amide bonds. The summed E-state index contributed by atoms with van der Waals surface area (Å²) in [6, 6.07) is 0. The zero-order valence-corrected chi connectivity index (χ0v) is 11.6. The van der Waals surface area contributed by atoms with Gasteiger partial charge in [0.1, 0.15) is 5.82 Å². The third-order valence-corrected chi connectivity index (χ3v) is 3.37. The number of ether oxygens (including phenoxy) is 1. The molecule has 0 bridgehead atoms. The quantitative estimate of drug-likeness (QED) is 0.829. The van der Waals surface area contributed by atoms with E-state index in [1.165, 1.54) is 6.42 Å². The zero-order valence-electron chi connectivity index (χ0n) is 11.6. The topological polar surface area (TPSA) is 55.3 Å². The van der Waals surface area contributed by atoms with Crippen molar-refractivity contribution >= 4 is 5.91 Å². The third-order valence-electron chi connectivity index (χ3n) is 3.37.